The lowest BCUT2D eigenvalue weighted by molar-refractivity contribution is -0.386. The van der Waals surface area contributed by atoms with Gasteiger partial charge in [-0.2, -0.15) is 15.8 Å². The molecule has 0 saturated carbocycles. The number of nitrogens with zero attached hydrogens (tertiary/aromatic N) is 4. The molecule has 0 aromatic heterocycles. The van der Waals surface area contributed by atoms with Gasteiger partial charge in [-0.05, 0) is 6.07 Å². The van der Waals surface area contributed by atoms with E-state index in [9.17, 15) is 25.9 Å². The number of hydrogen-bond donors (Lipinski definition) is 1. The number of methoxy groups -OCH3 is 3. The highest BCUT2D eigenvalue weighted by Crippen LogP contribution is 2.50. The number of allylic oxidation sites excluding steroid dienone is 1. The lowest BCUT2D eigenvalue weighted by Gasteiger charge is -2.29. The topological polar surface area (TPSA) is 177 Å². The van der Waals surface area contributed by atoms with Crippen molar-refractivity contribution in [2.75, 3.05) is 21.3 Å². The number of ether oxygens (including phenoxy) is 4. The zero-order valence-electron chi connectivity index (χ0n) is 15.0. The van der Waals surface area contributed by atoms with E-state index in [2.05, 4.69) is 0 Å². The molecular formula is C17H13N5O6. The molecule has 0 bridgehead atoms. The van der Waals surface area contributed by atoms with Gasteiger partial charge in [0.2, 0.25) is 11.6 Å². The van der Waals surface area contributed by atoms with E-state index in [0.717, 1.165) is 6.07 Å². The lowest BCUT2D eigenvalue weighted by Crippen LogP contribution is -2.32. The number of nitriles is 3. The molecule has 0 aliphatic carbocycles. The van der Waals surface area contributed by atoms with Crippen molar-refractivity contribution in [2.24, 2.45) is 5.73 Å². The zero-order valence-corrected chi connectivity index (χ0v) is 15.0. The summed E-state index contributed by atoms with van der Waals surface area (Å²) < 4.78 is 21.1. The molecule has 0 fully saturated rings. The van der Waals surface area contributed by atoms with Gasteiger partial charge in [0.25, 0.3) is 5.79 Å². The van der Waals surface area contributed by atoms with Gasteiger partial charge in [-0.15, -0.1) is 0 Å². The molecular weight excluding hydrogens is 370 g/mol. The summed E-state index contributed by atoms with van der Waals surface area (Å²) in [6.07, 6.45) is 0. The molecule has 0 spiro atoms. The minimum Gasteiger partial charge on any atom is -0.493 e. The molecule has 2 rings (SSSR count). The Morgan fingerprint density at radius 2 is 1.86 bits per heavy atom. The van der Waals surface area contributed by atoms with Crippen LogP contribution in [-0.4, -0.2) is 26.3 Å². The molecule has 1 heterocycles. The van der Waals surface area contributed by atoms with E-state index in [1.165, 1.54) is 27.4 Å². The molecule has 1 atom stereocenters. The van der Waals surface area contributed by atoms with E-state index >= 15 is 0 Å². The SMILES string of the molecule is COc1cc([C@@]2(OC)OC(N)=C(C#N)C2=C(C#N)C#N)cc([N+](=O)[O-])c1OC. The molecule has 11 nitrogen and oxygen atoms in total. The van der Waals surface area contributed by atoms with Crippen molar-refractivity contribution in [3.63, 3.8) is 0 Å². The average molecular weight is 383 g/mol. The molecule has 1 aliphatic heterocycles. The highest BCUT2D eigenvalue weighted by Gasteiger charge is 2.51. The second-order valence-electron chi connectivity index (χ2n) is 5.24. The van der Waals surface area contributed by atoms with Crippen LogP contribution in [0.25, 0.3) is 0 Å². The second-order valence-corrected chi connectivity index (χ2v) is 5.24. The van der Waals surface area contributed by atoms with Gasteiger partial charge in [-0.1, -0.05) is 0 Å². The maximum absolute atomic E-state index is 11.5. The summed E-state index contributed by atoms with van der Waals surface area (Å²) in [7, 11) is 3.66. The Kier molecular flexibility index (Phi) is 5.40. The van der Waals surface area contributed by atoms with Crippen molar-refractivity contribution in [3.8, 4) is 29.7 Å². The first-order chi connectivity index (χ1) is 13.3. The van der Waals surface area contributed by atoms with Crippen LogP contribution in [0.4, 0.5) is 5.69 Å². The third kappa shape index (κ3) is 2.80. The molecule has 1 aliphatic rings. The summed E-state index contributed by atoms with van der Waals surface area (Å²) in [5.41, 5.74) is 4.17. The predicted octanol–water partition coefficient (Wildman–Crippen LogP) is 1.48. The Labute approximate surface area is 159 Å². The van der Waals surface area contributed by atoms with Crippen molar-refractivity contribution in [3.05, 3.63) is 50.4 Å². The monoisotopic (exact) mass is 383 g/mol. The van der Waals surface area contributed by atoms with E-state index in [1.807, 2.05) is 0 Å². The molecule has 28 heavy (non-hydrogen) atoms. The molecule has 0 radical (unpaired) electrons. The Balaban J connectivity index is 2.96. The standard InChI is InChI=1S/C17H13N5O6/c1-25-13-5-10(4-12(22(23)24)15(13)26-2)17(27-3)14(9(6-18)7-19)11(8-20)16(21)28-17/h4-5H,21H2,1-3H3/t17-/m1/s1. The van der Waals surface area contributed by atoms with Gasteiger partial charge < -0.3 is 24.7 Å². The third-order valence-corrected chi connectivity index (χ3v) is 3.99. The number of nitro benzene ring substituents is 1. The van der Waals surface area contributed by atoms with Crippen molar-refractivity contribution in [1.82, 2.24) is 0 Å². The predicted molar refractivity (Wildman–Crippen MR) is 91.1 cm³/mol. The Morgan fingerprint density at radius 3 is 2.29 bits per heavy atom. The zero-order chi connectivity index (χ0) is 21.1. The highest BCUT2D eigenvalue weighted by molar-refractivity contribution is 5.65. The number of nitro groups is 1. The number of rotatable bonds is 5. The van der Waals surface area contributed by atoms with Gasteiger partial charge in [0, 0.05) is 18.7 Å². The third-order valence-electron chi connectivity index (χ3n) is 3.99. The van der Waals surface area contributed by atoms with Gasteiger partial charge in [0.15, 0.2) is 5.75 Å². The molecule has 11 heteroatoms. The van der Waals surface area contributed by atoms with E-state index in [1.54, 1.807) is 18.2 Å². The first kappa shape index (κ1) is 20.0. The molecule has 1 aromatic rings. The molecule has 1 aromatic carbocycles. The minimum atomic E-state index is -2.06. The number of hydrogen-bond acceptors (Lipinski definition) is 10. The fraction of sp³-hybridized carbons (Fsp3) is 0.235. The van der Waals surface area contributed by atoms with Gasteiger partial charge >= 0.3 is 5.69 Å². The maximum atomic E-state index is 11.5. The average Bonchev–Trinajstić information content (AvgIpc) is 3.00. The van der Waals surface area contributed by atoms with Gasteiger partial charge in [-0.3, -0.25) is 10.1 Å². The normalized spacial score (nSPS) is 17.8. The number of nitrogens with two attached hydrogens (primary N) is 1. The molecule has 0 saturated heterocycles. The summed E-state index contributed by atoms with van der Waals surface area (Å²) in [4.78, 5) is 10.8. The van der Waals surface area contributed by atoms with Crippen LogP contribution in [0, 0.1) is 44.1 Å². The quantitative estimate of drug-likeness (QED) is 0.444. The van der Waals surface area contributed by atoms with Crippen molar-refractivity contribution >= 4 is 5.69 Å². The Hall–Kier alpha value is -4.27. The van der Waals surface area contributed by atoms with E-state index in [0.29, 0.717) is 0 Å². The van der Waals surface area contributed by atoms with Gasteiger partial charge in [0.1, 0.15) is 29.4 Å². The summed E-state index contributed by atoms with van der Waals surface area (Å²) in [5, 5.41) is 39.6. The molecule has 0 amide bonds. The molecule has 142 valence electrons. The van der Waals surface area contributed by atoms with E-state index in [-0.39, 0.29) is 28.2 Å². The minimum absolute atomic E-state index is 0.0365. The largest absolute Gasteiger partial charge is 0.493 e. The van der Waals surface area contributed by atoms with Crippen LogP contribution in [0.3, 0.4) is 0 Å². The number of benzene rings is 1. The maximum Gasteiger partial charge on any atom is 0.315 e. The van der Waals surface area contributed by atoms with Crippen molar-refractivity contribution < 1.29 is 23.9 Å². The van der Waals surface area contributed by atoms with Crippen LogP contribution < -0.4 is 15.2 Å². The van der Waals surface area contributed by atoms with Gasteiger partial charge in [-0.25, -0.2) is 0 Å². The van der Waals surface area contributed by atoms with Crippen LogP contribution in [0.1, 0.15) is 5.56 Å². The Bertz CT molecular complexity index is 1020. The highest BCUT2D eigenvalue weighted by atomic mass is 16.7. The summed E-state index contributed by atoms with van der Waals surface area (Å²) in [5.74, 6) is -2.65. The molecule has 0 unspecified atom stereocenters. The van der Waals surface area contributed by atoms with Gasteiger partial charge in [0.05, 0.1) is 24.7 Å². The fourth-order valence-corrected chi connectivity index (χ4v) is 2.82. The summed E-state index contributed by atoms with van der Waals surface area (Å²) in [6.45, 7) is 0. The van der Waals surface area contributed by atoms with Crippen LogP contribution in [0.15, 0.2) is 34.7 Å². The smallest absolute Gasteiger partial charge is 0.315 e. The van der Waals surface area contributed by atoms with Crippen LogP contribution in [0.2, 0.25) is 0 Å². The Morgan fingerprint density at radius 1 is 1.21 bits per heavy atom. The molecule has 2 N–H and O–H groups in total. The first-order valence-electron chi connectivity index (χ1n) is 7.45. The van der Waals surface area contributed by atoms with Crippen LogP contribution in [-0.2, 0) is 15.3 Å². The van der Waals surface area contributed by atoms with E-state index < -0.39 is 27.9 Å². The summed E-state index contributed by atoms with van der Waals surface area (Å²) in [6, 6.07) is 7.43. The fourth-order valence-electron chi connectivity index (χ4n) is 2.82. The van der Waals surface area contributed by atoms with Crippen molar-refractivity contribution in [2.45, 2.75) is 5.79 Å². The lowest BCUT2D eigenvalue weighted by atomic mass is 9.89. The first-order valence-corrected chi connectivity index (χ1v) is 7.45. The van der Waals surface area contributed by atoms with Crippen molar-refractivity contribution in [1.29, 1.82) is 15.8 Å². The second kappa shape index (κ2) is 7.54. The van der Waals surface area contributed by atoms with Crippen LogP contribution >= 0.6 is 0 Å². The van der Waals surface area contributed by atoms with Crippen LogP contribution in [0.5, 0.6) is 11.5 Å². The summed E-state index contributed by atoms with van der Waals surface area (Å²) >= 11 is 0. The van der Waals surface area contributed by atoms with E-state index in [4.69, 9.17) is 24.7 Å².